The molecule has 0 saturated heterocycles. The predicted octanol–water partition coefficient (Wildman–Crippen LogP) is 2.44. The number of anilines is 1. The molecular weight excluding hydrogens is 316 g/mol. The van der Waals surface area contributed by atoms with E-state index in [4.69, 9.17) is 12.2 Å². The molecule has 1 heterocycles. The van der Waals surface area contributed by atoms with Gasteiger partial charge in [-0.05, 0) is 18.4 Å². The van der Waals surface area contributed by atoms with Gasteiger partial charge >= 0.3 is 0 Å². The Bertz CT molecular complexity index is 661. The van der Waals surface area contributed by atoms with Crippen LogP contribution in [0.2, 0.25) is 0 Å². The molecule has 1 aliphatic heterocycles. The molecule has 0 fully saturated rings. The number of hydrogen-bond acceptors (Lipinski definition) is 4. The minimum absolute atomic E-state index is 0.0538. The van der Waals surface area contributed by atoms with Crippen molar-refractivity contribution in [2.45, 2.75) is 0 Å². The molecule has 0 spiro atoms. The Hall–Kier alpha value is -1.80. The summed E-state index contributed by atoms with van der Waals surface area (Å²) < 4.78 is 28.3. The van der Waals surface area contributed by atoms with Crippen molar-refractivity contribution in [2.75, 3.05) is 17.7 Å². The van der Waals surface area contributed by atoms with E-state index in [0.29, 0.717) is 4.32 Å². The van der Waals surface area contributed by atoms with Gasteiger partial charge in [-0.25, -0.2) is 8.78 Å². The third-order valence-corrected chi connectivity index (χ3v) is 3.84. The highest BCUT2D eigenvalue weighted by atomic mass is 32.2. The van der Waals surface area contributed by atoms with Crippen LogP contribution in [-0.4, -0.2) is 28.7 Å². The van der Waals surface area contributed by atoms with Crippen LogP contribution in [0.4, 0.5) is 14.5 Å². The third-order valence-electron chi connectivity index (χ3n) is 2.79. The molecule has 0 bridgehead atoms. The molecule has 0 aliphatic carbocycles. The van der Waals surface area contributed by atoms with E-state index in [-0.39, 0.29) is 23.5 Å². The van der Waals surface area contributed by atoms with Crippen LogP contribution in [0.25, 0.3) is 0 Å². The maximum atomic E-state index is 14.0. The molecule has 4 nitrogen and oxygen atoms in total. The van der Waals surface area contributed by atoms with Gasteiger partial charge in [-0.2, -0.15) is 5.10 Å². The van der Waals surface area contributed by atoms with E-state index in [2.05, 4.69) is 17.1 Å². The van der Waals surface area contributed by atoms with E-state index in [1.165, 1.54) is 17.8 Å². The van der Waals surface area contributed by atoms with Gasteiger partial charge < -0.3 is 0 Å². The summed E-state index contributed by atoms with van der Waals surface area (Å²) in [4.78, 5) is 13.4. The van der Waals surface area contributed by atoms with E-state index in [1.54, 1.807) is 6.26 Å². The second-order valence-electron chi connectivity index (χ2n) is 4.02. The number of halogens is 2. The molecular formula is C13H11F2N3OS2. The first-order valence-corrected chi connectivity index (χ1v) is 7.47. The standard InChI is InChI=1S/C13H11F2N3OS2/c1-3-6-18-11-8(15)5-4-7(14)9(11)10(12(18)19)16-17-13(20)21-2/h3-5H,1,6H2,2H3,(H,17,20). The molecule has 0 unspecified atom stereocenters. The summed E-state index contributed by atoms with van der Waals surface area (Å²) in [6.07, 6.45) is 3.15. The largest absolute Gasteiger partial charge is 0.300 e. The molecule has 8 heteroatoms. The minimum atomic E-state index is -0.720. The number of benzene rings is 1. The summed E-state index contributed by atoms with van der Waals surface area (Å²) in [7, 11) is 0. The molecule has 1 amide bonds. The van der Waals surface area contributed by atoms with Gasteiger partial charge in [0.05, 0.1) is 11.3 Å². The van der Waals surface area contributed by atoms with Crippen molar-refractivity contribution >= 4 is 45.6 Å². The van der Waals surface area contributed by atoms with Crippen molar-refractivity contribution < 1.29 is 13.6 Å². The summed E-state index contributed by atoms with van der Waals surface area (Å²) in [5, 5.41) is 3.82. The lowest BCUT2D eigenvalue weighted by Crippen LogP contribution is -2.31. The van der Waals surface area contributed by atoms with E-state index < -0.39 is 17.5 Å². The Morgan fingerprint density at radius 3 is 2.81 bits per heavy atom. The molecule has 2 rings (SSSR count). The molecule has 1 N–H and O–H groups in total. The molecule has 21 heavy (non-hydrogen) atoms. The van der Waals surface area contributed by atoms with Crippen molar-refractivity contribution in [1.82, 2.24) is 5.43 Å². The molecule has 0 atom stereocenters. The average Bonchev–Trinajstić information content (AvgIpc) is 2.75. The Labute approximate surface area is 129 Å². The first kappa shape index (κ1) is 15.6. The molecule has 0 radical (unpaired) electrons. The maximum Gasteiger partial charge on any atom is 0.279 e. The number of nitrogens with one attached hydrogen (secondary N) is 1. The van der Waals surface area contributed by atoms with Crippen LogP contribution in [0.1, 0.15) is 5.56 Å². The summed E-state index contributed by atoms with van der Waals surface area (Å²) in [6, 6.07) is 1.93. The van der Waals surface area contributed by atoms with Crippen molar-refractivity contribution in [3.63, 3.8) is 0 Å². The van der Waals surface area contributed by atoms with Gasteiger partial charge in [0.15, 0.2) is 10.0 Å². The normalized spacial score (nSPS) is 15.3. The highest BCUT2D eigenvalue weighted by Gasteiger charge is 2.38. The van der Waals surface area contributed by atoms with Gasteiger partial charge in [-0.3, -0.25) is 15.1 Å². The lowest BCUT2D eigenvalue weighted by molar-refractivity contribution is -0.112. The number of carbonyl (C=O) groups is 1. The van der Waals surface area contributed by atoms with Crippen molar-refractivity contribution in [2.24, 2.45) is 5.10 Å². The number of thioether (sulfide) groups is 1. The fourth-order valence-electron chi connectivity index (χ4n) is 1.92. The molecule has 1 aromatic carbocycles. The van der Waals surface area contributed by atoms with E-state index in [0.717, 1.165) is 17.0 Å². The molecule has 1 aliphatic rings. The lowest BCUT2D eigenvalue weighted by atomic mass is 10.1. The number of amides is 1. The fraction of sp³-hybridized carbons (Fsp3) is 0.154. The topological polar surface area (TPSA) is 44.7 Å². The lowest BCUT2D eigenvalue weighted by Gasteiger charge is -2.14. The summed E-state index contributed by atoms with van der Waals surface area (Å²) >= 11 is 6.12. The molecule has 110 valence electrons. The first-order valence-electron chi connectivity index (χ1n) is 5.84. The van der Waals surface area contributed by atoms with Crippen molar-refractivity contribution in [3.8, 4) is 0 Å². The molecule has 0 saturated carbocycles. The van der Waals surface area contributed by atoms with Gasteiger partial charge in [-0.15, -0.1) is 6.58 Å². The smallest absolute Gasteiger partial charge is 0.279 e. The number of hydrogen-bond donors (Lipinski definition) is 1. The van der Waals surface area contributed by atoms with Crippen LogP contribution in [0.3, 0.4) is 0 Å². The van der Waals surface area contributed by atoms with Gasteiger partial charge in [0.1, 0.15) is 11.6 Å². The Morgan fingerprint density at radius 1 is 1.52 bits per heavy atom. The van der Waals surface area contributed by atoms with Gasteiger partial charge in [0.25, 0.3) is 5.91 Å². The van der Waals surface area contributed by atoms with Crippen LogP contribution in [-0.2, 0) is 4.79 Å². The highest BCUT2D eigenvalue weighted by molar-refractivity contribution is 8.22. The van der Waals surface area contributed by atoms with Crippen LogP contribution in [0.15, 0.2) is 29.9 Å². The second-order valence-corrected chi connectivity index (χ2v) is 5.50. The zero-order chi connectivity index (χ0) is 15.6. The number of hydrazone groups is 1. The number of thiocarbonyl (C=S) groups is 1. The average molecular weight is 327 g/mol. The Kier molecular flexibility index (Phi) is 4.69. The minimum Gasteiger partial charge on any atom is -0.300 e. The van der Waals surface area contributed by atoms with Crippen LogP contribution in [0, 0.1) is 11.6 Å². The van der Waals surface area contributed by atoms with Crippen molar-refractivity contribution in [3.05, 3.63) is 42.0 Å². The second kappa shape index (κ2) is 6.31. The molecule has 1 aromatic rings. The van der Waals surface area contributed by atoms with Gasteiger partial charge in [0.2, 0.25) is 0 Å². The predicted molar refractivity (Wildman–Crippen MR) is 84.7 cm³/mol. The summed E-state index contributed by atoms with van der Waals surface area (Å²) in [6.45, 7) is 3.56. The number of rotatable bonds is 3. The summed E-state index contributed by atoms with van der Waals surface area (Å²) in [5.41, 5.74) is 1.97. The highest BCUT2D eigenvalue weighted by Crippen LogP contribution is 2.33. The monoisotopic (exact) mass is 327 g/mol. The van der Waals surface area contributed by atoms with Crippen molar-refractivity contribution in [1.29, 1.82) is 0 Å². The molecule has 0 aromatic heterocycles. The van der Waals surface area contributed by atoms with Crippen LogP contribution in [0.5, 0.6) is 0 Å². The van der Waals surface area contributed by atoms with Gasteiger partial charge in [-0.1, -0.05) is 30.1 Å². The van der Waals surface area contributed by atoms with Crippen LogP contribution < -0.4 is 10.3 Å². The zero-order valence-corrected chi connectivity index (χ0v) is 12.7. The number of nitrogens with zero attached hydrogens (tertiary/aromatic N) is 2. The zero-order valence-electron chi connectivity index (χ0n) is 11.0. The first-order chi connectivity index (χ1) is 10.0. The Balaban J connectivity index is 2.56. The summed E-state index contributed by atoms with van der Waals surface area (Å²) in [5.74, 6) is -2.02. The SMILES string of the molecule is C=CCN1C(=O)C(=NNC(=S)SC)c2c(F)ccc(F)c21. The fourth-order valence-corrected chi connectivity index (χ4v) is 2.10. The van der Waals surface area contributed by atoms with Gasteiger partial charge in [0, 0.05) is 6.54 Å². The van der Waals surface area contributed by atoms with E-state index >= 15 is 0 Å². The van der Waals surface area contributed by atoms with Crippen LogP contribution >= 0.6 is 24.0 Å². The Morgan fingerprint density at radius 2 is 2.19 bits per heavy atom. The quantitative estimate of drug-likeness (QED) is 0.526. The maximum absolute atomic E-state index is 14.0. The van der Waals surface area contributed by atoms with E-state index in [9.17, 15) is 13.6 Å². The van der Waals surface area contributed by atoms with E-state index in [1.807, 2.05) is 0 Å². The number of fused-ring (bicyclic) bond motifs is 1. The third kappa shape index (κ3) is 2.81. The number of carbonyl (C=O) groups excluding carboxylic acids is 1.